The van der Waals surface area contributed by atoms with Gasteiger partial charge in [0.1, 0.15) is 0 Å². The predicted octanol–water partition coefficient (Wildman–Crippen LogP) is 0.895. The molecular weight excluding hydrogens is 404 g/mol. The molecule has 0 aromatic carbocycles. The van der Waals surface area contributed by atoms with E-state index in [4.69, 9.17) is 9.90 Å². The topological polar surface area (TPSA) is 37.3 Å². The predicted molar refractivity (Wildman–Crippen MR) is 25.8 cm³/mol. The second kappa shape index (κ2) is 95.1. The fraction of sp³-hybridized carbons (Fsp3) is 0.250. The van der Waals surface area contributed by atoms with E-state index in [1.807, 2.05) is 0 Å². The van der Waals surface area contributed by atoms with Gasteiger partial charge in [0.05, 0.1) is 0 Å². The van der Waals surface area contributed by atoms with Crippen molar-refractivity contribution in [1.82, 2.24) is 0 Å². The van der Waals surface area contributed by atoms with Crippen LogP contribution in [0.3, 0.4) is 0 Å². The van der Waals surface area contributed by atoms with E-state index in [0.29, 0.717) is 6.47 Å². The van der Waals surface area contributed by atoms with Crippen LogP contribution < -0.4 is 0 Å². The zero-order valence-corrected chi connectivity index (χ0v) is 12.7. The molecule has 0 aromatic rings. The minimum atomic E-state index is 0. The molecule has 0 unspecified atom stereocenters. The average Bonchev–Trinajstić information content (AvgIpc) is 1.46. The van der Waals surface area contributed by atoms with Gasteiger partial charge in [0.25, 0.3) is 0 Å². The molecule has 9 heavy (non-hydrogen) atoms. The molecule has 1 N–H and O–H groups in total. The van der Waals surface area contributed by atoms with Crippen LogP contribution in [0, 0.1) is 14.4 Å². The van der Waals surface area contributed by atoms with Gasteiger partial charge in [-0.3, -0.25) is 0 Å². The van der Waals surface area contributed by atoms with E-state index in [1.54, 1.807) is 6.92 Å². The van der Waals surface area contributed by atoms with Crippen LogP contribution in [-0.2, 0) is 77.1 Å². The van der Waals surface area contributed by atoms with Crippen LogP contribution in [0.25, 0.3) is 0 Å². The van der Waals surface area contributed by atoms with E-state index in [9.17, 15) is 0 Å². The Labute approximate surface area is 109 Å². The van der Waals surface area contributed by atoms with E-state index in [-0.39, 0.29) is 79.8 Å². The van der Waals surface area contributed by atoms with Crippen molar-refractivity contribution in [1.29, 1.82) is 0 Å². The maximum absolute atomic E-state index is 8.24. The van der Waals surface area contributed by atoms with Gasteiger partial charge in [-0.05, 0) is 0 Å². The molecule has 0 amide bonds. The summed E-state index contributed by atoms with van der Waals surface area (Å²) >= 11 is 0. The normalized spacial score (nSPS) is 2.00. The molecule has 0 fully saturated rings. The van der Waals surface area contributed by atoms with Gasteiger partial charge < -0.3 is 24.3 Å². The van der Waals surface area contributed by atoms with Crippen molar-refractivity contribution >= 4 is 6.47 Å². The van der Waals surface area contributed by atoms with Gasteiger partial charge in [0.15, 0.2) is 0 Å². The largest absolute Gasteiger partial charge is 2.00 e. The van der Waals surface area contributed by atoms with Crippen molar-refractivity contribution < 1.29 is 82.2 Å². The quantitative estimate of drug-likeness (QED) is 0.600. The molecule has 0 aromatic heterocycles. The smallest absolute Gasteiger partial charge is 0.665 e. The summed E-state index contributed by atoms with van der Waals surface area (Å²) < 4.78 is 0. The summed E-state index contributed by atoms with van der Waals surface area (Å²) in [5, 5.41) is 6.76. The Bertz CT molecular complexity index is 26.0. The molecule has 2 radical (unpaired) electrons. The van der Waals surface area contributed by atoms with Crippen LogP contribution >= 0.6 is 0 Å². The van der Waals surface area contributed by atoms with Crippen molar-refractivity contribution in [3.8, 4) is 0 Å². The van der Waals surface area contributed by atoms with E-state index in [2.05, 4.69) is 6.92 Å². The molecule has 0 heterocycles. The van der Waals surface area contributed by atoms with Crippen LogP contribution in [0.4, 0.5) is 0 Å². The number of aliphatic hydroxyl groups excluding tert-OH is 1. The molecule has 0 saturated carbocycles. The third-order valence-electron chi connectivity index (χ3n) is 0. The monoisotopic (exact) mass is 413 g/mol. The van der Waals surface area contributed by atoms with E-state index in [0.717, 1.165) is 0 Å². The van der Waals surface area contributed by atoms with Crippen molar-refractivity contribution in [2.45, 2.75) is 6.92 Å². The molecule has 52 valence electrons. The van der Waals surface area contributed by atoms with Crippen molar-refractivity contribution in [2.75, 3.05) is 0 Å². The molecule has 0 atom stereocenters. The van der Waals surface area contributed by atoms with Gasteiger partial charge in [0, 0.05) is 51.3 Å². The molecule has 0 saturated heterocycles. The molecule has 0 aliphatic carbocycles. The number of hydrogen-bond donors (Lipinski definition) is 1. The van der Waals surface area contributed by atoms with E-state index < -0.39 is 0 Å². The summed E-state index contributed by atoms with van der Waals surface area (Å²) in [6.45, 7) is 5.50. The number of hydrogen-bond acceptors (Lipinski definition) is 1. The first-order valence-corrected chi connectivity index (χ1v) is 1.13. The van der Waals surface area contributed by atoms with E-state index in [1.165, 1.54) is 0 Å². The van der Waals surface area contributed by atoms with Crippen LogP contribution in [0.1, 0.15) is 6.92 Å². The Morgan fingerprint density at radius 2 is 1.44 bits per heavy atom. The molecule has 0 spiro atoms. The SMILES string of the molecule is O=[C-]O.[CH2-]C.[CH3-].[V].[W+2].[Y]. The third-order valence-corrected chi connectivity index (χ3v) is 0. The zero-order chi connectivity index (χ0) is 4.71. The van der Waals surface area contributed by atoms with Crippen LogP contribution in [0.15, 0.2) is 0 Å². The van der Waals surface area contributed by atoms with Crippen LogP contribution in [-0.4, -0.2) is 11.6 Å². The van der Waals surface area contributed by atoms with E-state index >= 15 is 0 Å². The van der Waals surface area contributed by atoms with Crippen LogP contribution in [0.5, 0.6) is 0 Å². The fourth-order valence-electron chi connectivity index (χ4n) is 0. The van der Waals surface area contributed by atoms with Crippen LogP contribution in [0.2, 0.25) is 0 Å². The van der Waals surface area contributed by atoms with Gasteiger partial charge in [-0.25, -0.2) is 0 Å². The fourth-order valence-corrected chi connectivity index (χ4v) is 0. The summed E-state index contributed by atoms with van der Waals surface area (Å²) in [6.07, 6.45) is 0. The maximum atomic E-state index is 8.24. The standard InChI is InChI=1S/C2H5.CHO2.CH3.V.W.Y/c1-2;2-1-3;;;;/h1H2,2H3;(H,2,3);1H3;;;/q3*-1;;+2;. The first kappa shape index (κ1) is 44.8. The summed E-state index contributed by atoms with van der Waals surface area (Å²) in [5.74, 6) is 0. The second-order valence-electron chi connectivity index (χ2n) is 0.0913. The van der Waals surface area contributed by atoms with Gasteiger partial charge in [-0.2, -0.15) is 6.92 Å². The summed E-state index contributed by atoms with van der Waals surface area (Å²) in [4.78, 5) is 8.24. The Balaban J connectivity index is -0.00000000357. The second-order valence-corrected chi connectivity index (χ2v) is 0.0913. The van der Waals surface area contributed by atoms with Gasteiger partial charge in [-0.1, -0.05) is 6.47 Å². The van der Waals surface area contributed by atoms with Crippen molar-refractivity contribution in [2.24, 2.45) is 0 Å². The Morgan fingerprint density at radius 1 is 1.44 bits per heavy atom. The van der Waals surface area contributed by atoms with Crippen molar-refractivity contribution in [3.05, 3.63) is 14.4 Å². The minimum Gasteiger partial charge on any atom is -0.665 e. The Morgan fingerprint density at radius 3 is 1.44 bits per heavy atom. The molecule has 0 rings (SSSR count). The third kappa shape index (κ3) is 178. The summed E-state index contributed by atoms with van der Waals surface area (Å²) in [6, 6.07) is 0. The average molecular weight is 413 g/mol. The first-order chi connectivity index (χ1) is 2.41. The summed E-state index contributed by atoms with van der Waals surface area (Å²) in [5.41, 5.74) is 0. The van der Waals surface area contributed by atoms with Gasteiger partial charge in [0.2, 0.25) is 0 Å². The minimum absolute atomic E-state index is 0. The Hall–Kier alpha value is 1.85. The first-order valence-electron chi connectivity index (χ1n) is 1.13. The Kier molecular flexibility index (Phi) is 473. The molecule has 2 nitrogen and oxygen atoms in total. The summed E-state index contributed by atoms with van der Waals surface area (Å²) in [7, 11) is 0. The maximum Gasteiger partial charge on any atom is 2.00 e. The van der Waals surface area contributed by atoms with Gasteiger partial charge in [-0.15, -0.1) is 0 Å². The molecule has 5 heteroatoms. The number of rotatable bonds is 0. The molecule has 0 bridgehead atoms. The van der Waals surface area contributed by atoms with Gasteiger partial charge >= 0.3 is 21.1 Å². The molecular formula is C4H9O2VWY-. The van der Waals surface area contributed by atoms with Crippen molar-refractivity contribution in [3.63, 3.8) is 0 Å². The molecule has 0 aliphatic rings. The molecule has 0 aliphatic heterocycles. The zero-order valence-electron chi connectivity index (χ0n) is 5.50.